The molecule has 1 aliphatic rings. The van der Waals surface area contributed by atoms with Gasteiger partial charge in [0, 0.05) is 19.6 Å². The van der Waals surface area contributed by atoms with E-state index < -0.39 is 10.0 Å². The van der Waals surface area contributed by atoms with Gasteiger partial charge >= 0.3 is 0 Å². The molecule has 1 saturated heterocycles. The highest BCUT2D eigenvalue weighted by Crippen LogP contribution is 2.15. The van der Waals surface area contributed by atoms with Crippen molar-refractivity contribution < 1.29 is 8.42 Å². The fourth-order valence-electron chi connectivity index (χ4n) is 2.35. The van der Waals surface area contributed by atoms with E-state index in [1.54, 1.807) is 10.6 Å². The highest BCUT2D eigenvalue weighted by atomic mass is 32.2. The average molecular weight is 265 g/mol. The van der Waals surface area contributed by atoms with E-state index in [4.69, 9.17) is 0 Å². The van der Waals surface area contributed by atoms with Crippen LogP contribution in [0.4, 0.5) is 0 Å². The zero-order valence-electron chi connectivity index (χ0n) is 9.99. The Balaban J connectivity index is 1.78. The average Bonchev–Trinajstić information content (AvgIpc) is 2.90. The number of rotatable bonds is 3. The molecule has 0 saturated carbocycles. The third kappa shape index (κ3) is 2.02. The maximum Gasteiger partial charge on any atom is 0.214 e. The number of aromatic nitrogens is 2. The van der Waals surface area contributed by atoms with Crippen LogP contribution < -0.4 is 0 Å². The van der Waals surface area contributed by atoms with Gasteiger partial charge in [0.2, 0.25) is 10.0 Å². The van der Waals surface area contributed by atoms with Crippen LogP contribution in [-0.4, -0.2) is 41.1 Å². The Labute approximate surface area is 106 Å². The predicted molar refractivity (Wildman–Crippen MR) is 69.7 cm³/mol. The molecular weight excluding hydrogens is 250 g/mol. The second kappa shape index (κ2) is 4.37. The Morgan fingerprint density at radius 1 is 1.22 bits per heavy atom. The summed E-state index contributed by atoms with van der Waals surface area (Å²) in [5.41, 5.74) is 2.00. The highest BCUT2D eigenvalue weighted by molar-refractivity contribution is 7.89. The molecule has 0 atom stereocenters. The standard InChI is InChI=1S/C12H15N3O2S/c16-18(17)9-3-6-15(18)8-7-14-10-13-11-4-1-2-5-12(11)14/h1-2,4-5,10H,3,6-9H2. The van der Waals surface area contributed by atoms with E-state index >= 15 is 0 Å². The minimum atomic E-state index is -2.99. The number of benzene rings is 1. The van der Waals surface area contributed by atoms with E-state index in [1.807, 2.05) is 28.8 Å². The van der Waals surface area contributed by atoms with E-state index in [0.29, 0.717) is 19.6 Å². The minimum absolute atomic E-state index is 0.289. The molecule has 2 aromatic rings. The van der Waals surface area contributed by atoms with Crippen LogP contribution in [0.3, 0.4) is 0 Å². The largest absolute Gasteiger partial charge is 0.329 e. The molecule has 0 radical (unpaired) electrons. The maximum absolute atomic E-state index is 11.7. The van der Waals surface area contributed by atoms with E-state index in [-0.39, 0.29) is 5.75 Å². The lowest BCUT2D eigenvalue weighted by molar-refractivity contribution is 0.422. The van der Waals surface area contributed by atoms with Crippen LogP contribution in [-0.2, 0) is 16.6 Å². The van der Waals surface area contributed by atoms with Gasteiger partial charge in [0.15, 0.2) is 0 Å². The number of imidazole rings is 1. The van der Waals surface area contributed by atoms with Gasteiger partial charge in [-0.3, -0.25) is 0 Å². The number of fused-ring (bicyclic) bond motifs is 1. The van der Waals surface area contributed by atoms with Crippen molar-refractivity contribution in [2.75, 3.05) is 18.8 Å². The summed E-state index contributed by atoms with van der Waals surface area (Å²) in [6.07, 6.45) is 2.51. The number of sulfonamides is 1. The Morgan fingerprint density at radius 2 is 2.06 bits per heavy atom. The second-order valence-electron chi connectivity index (χ2n) is 4.50. The summed E-state index contributed by atoms with van der Waals surface area (Å²) in [4.78, 5) is 4.30. The molecule has 0 bridgehead atoms. The van der Waals surface area contributed by atoms with Gasteiger partial charge in [-0.05, 0) is 18.6 Å². The van der Waals surface area contributed by atoms with Gasteiger partial charge in [-0.25, -0.2) is 17.7 Å². The fourth-order valence-corrected chi connectivity index (χ4v) is 3.87. The minimum Gasteiger partial charge on any atom is -0.329 e. The van der Waals surface area contributed by atoms with E-state index in [9.17, 15) is 8.42 Å². The third-order valence-corrected chi connectivity index (χ3v) is 5.28. The third-order valence-electron chi connectivity index (χ3n) is 3.32. The Hall–Kier alpha value is -1.40. The molecule has 1 aromatic heterocycles. The van der Waals surface area contributed by atoms with Crippen molar-refractivity contribution in [2.45, 2.75) is 13.0 Å². The first-order valence-corrected chi connectivity index (χ1v) is 7.65. The zero-order valence-corrected chi connectivity index (χ0v) is 10.8. The second-order valence-corrected chi connectivity index (χ2v) is 6.58. The van der Waals surface area contributed by atoms with Crippen LogP contribution in [0.15, 0.2) is 30.6 Å². The SMILES string of the molecule is O=S1(=O)CCCN1CCn1cnc2ccccc21. The van der Waals surface area contributed by atoms with Gasteiger partial charge in [-0.2, -0.15) is 0 Å². The molecule has 0 N–H and O–H groups in total. The quantitative estimate of drug-likeness (QED) is 0.834. The van der Waals surface area contributed by atoms with Gasteiger partial charge in [-0.1, -0.05) is 12.1 Å². The van der Waals surface area contributed by atoms with Gasteiger partial charge in [-0.15, -0.1) is 0 Å². The molecule has 6 heteroatoms. The van der Waals surface area contributed by atoms with Crippen molar-refractivity contribution in [3.63, 3.8) is 0 Å². The molecule has 0 amide bonds. The summed E-state index contributed by atoms with van der Waals surface area (Å²) < 4.78 is 26.9. The lowest BCUT2D eigenvalue weighted by Crippen LogP contribution is -2.29. The Kier molecular flexibility index (Phi) is 2.83. The molecule has 96 valence electrons. The van der Waals surface area contributed by atoms with Crippen molar-refractivity contribution >= 4 is 21.1 Å². The molecule has 1 aliphatic heterocycles. The van der Waals surface area contributed by atoms with Gasteiger partial charge in [0.1, 0.15) is 0 Å². The van der Waals surface area contributed by atoms with Gasteiger partial charge in [0.05, 0.1) is 23.1 Å². The van der Waals surface area contributed by atoms with Crippen molar-refractivity contribution in [3.8, 4) is 0 Å². The smallest absolute Gasteiger partial charge is 0.214 e. The molecule has 0 unspecified atom stereocenters. The molecule has 0 spiro atoms. The monoisotopic (exact) mass is 265 g/mol. The normalized spacial score (nSPS) is 19.6. The first-order chi connectivity index (χ1) is 8.67. The molecule has 5 nitrogen and oxygen atoms in total. The Bertz CT molecular complexity index is 663. The lowest BCUT2D eigenvalue weighted by Gasteiger charge is -2.14. The summed E-state index contributed by atoms with van der Waals surface area (Å²) in [5.74, 6) is 0.289. The van der Waals surface area contributed by atoms with Crippen LogP contribution >= 0.6 is 0 Å². The zero-order chi connectivity index (χ0) is 12.6. The van der Waals surface area contributed by atoms with Crippen LogP contribution in [0.2, 0.25) is 0 Å². The van der Waals surface area contributed by atoms with Crippen molar-refractivity contribution in [1.29, 1.82) is 0 Å². The van der Waals surface area contributed by atoms with E-state index in [2.05, 4.69) is 4.98 Å². The van der Waals surface area contributed by atoms with Crippen LogP contribution in [0.1, 0.15) is 6.42 Å². The van der Waals surface area contributed by atoms with Crippen molar-refractivity contribution in [1.82, 2.24) is 13.9 Å². The maximum atomic E-state index is 11.7. The molecule has 3 rings (SSSR count). The first-order valence-electron chi connectivity index (χ1n) is 6.04. The number of nitrogens with zero attached hydrogens (tertiary/aromatic N) is 3. The van der Waals surface area contributed by atoms with Crippen molar-refractivity contribution in [3.05, 3.63) is 30.6 Å². The van der Waals surface area contributed by atoms with E-state index in [0.717, 1.165) is 17.5 Å². The summed E-state index contributed by atoms with van der Waals surface area (Å²) in [5, 5.41) is 0. The fraction of sp³-hybridized carbons (Fsp3) is 0.417. The molecule has 18 heavy (non-hydrogen) atoms. The van der Waals surface area contributed by atoms with Crippen LogP contribution in [0, 0.1) is 0 Å². The summed E-state index contributed by atoms with van der Waals surface area (Å²) >= 11 is 0. The Morgan fingerprint density at radius 3 is 2.83 bits per heavy atom. The van der Waals surface area contributed by atoms with Crippen molar-refractivity contribution in [2.24, 2.45) is 0 Å². The summed E-state index contributed by atoms with van der Waals surface area (Å²) in [6, 6.07) is 7.87. The first kappa shape index (κ1) is 11.7. The summed E-state index contributed by atoms with van der Waals surface area (Å²) in [7, 11) is -2.99. The lowest BCUT2D eigenvalue weighted by atomic mass is 10.3. The van der Waals surface area contributed by atoms with Crippen LogP contribution in [0.5, 0.6) is 0 Å². The number of hydrogen-bond acceptors (Lipinski definition) is 3. The predicted octanol–water partition coefficient (Wildman–Crippen LogP) is 1.07. The molecular formula is C12H15N3O2S. The molecule has 1 aromatic carbocycles. The van der Waals surface area contributed by atoms with E-state index in [1.165, 1.54) is 0 Å². The molecule has 2 heterocycles. The topological polar surface area (TPSA) is 55.2 Å². The molecule has 0 aliphatic carbocycles. The van der Waals surface area contributed by atoms with Gasteiger partial charge < -0.3 is 4.57 Å². The number of para-hydroxylation sites is 2. The molecule has 1 fully saturated rings. The summed E-state index contributed by atoms with van der Waals surface area (Å²) in [6.45, 7) is 1.83. The highest BCUT2D eigenvalue weighted by Gasteiger charge is 2.27. The van der Waals surface area contributed by atoms with Crippen LogP contribution in [0.25, 0.3) is 11.0 Å². The van der Waals surface area contributed by atoms with Gasteiger partial charge in [0.25, 0.3) is 0 Å². The number of hydrogen-bond donors (Lipinski definition) is 0.